The van der Waals surface area contributed by atoms with Crippen LogP contribution in [0.5, 0.6) is 0 Å². The number of hydrogen-bond acceptors (Lipinski definition) is 4. The van der Waals surface area contributed by atoms with Crippen LogP contribution in [0.1, 0.15) is 18.7 Å². The summed E-state index contributed by atoms with van der Waals surface area (Å²) in [4.78, 5) is 26.5. The molecule has 8 heteroatoms. The minimum absolute atomic E-state index is 0.0186. The number of rotatable bonds is 3. The molecule has 1 N–H and O–H groups in total. The topological polar surface area (TPSA) is 87.8 Å². The van der Waals surface area contributed by atoms with Crippen molar-refractivity contribution in [1.82, 2.24) is 14.6 Å². The van der Waals surface area contributed by atoms with Crippen LogP contribution in [-0.2, 0) is 23.2 Å². The molecule has 0 unspecified atom stereocenters. The minimum Gasteiger partial charge on any atom is -0.477 e. The summed E-state index contributed by atoms with van der Waals surface area (Å²) in [5, 5.41) is 14.2. The smallest absolute Gasteiger partial charge is 0.352 e. The first-order chi connectivity index (χ1) is 8.49. The summed E-state index contributed by atoms with van der Waals surface area (Å²) in [6.07, 6.45) is 1.77. The third kappa shape index (κ3) is 2.35. The molecule has 0 saturated heterocycles. The fourth-order valence-corrected chi connectivity index (χ4v) is 1.73. The van der Waals surface area contributed by atoms with E-state index in [4.69, 9.17) is 16.7 Å². The number of hydrazone groups is 1. The molecule has 96 valence electrons. The van der Waals surface area contributed by atoms with Gasteiger partial charge in [-0.2, -0.15) is 5.10 Å². The average Bonchev–Trinajstić information content (AvgIpc) is 2.63. The number of nitrogens with zero attached hydrogens (tertiary/aromatic N) is 4. The molecular formula is C10H11ClN4O3. The van der Waals surface area contributed by atoms with Gasteiger partial charge in [0.1, 0.15) is 23.2 Å². The Bertz CT molecular complexity index is 537. The molecule has 0 bridgehead atoms. The van der Waals surface area contributed by atoms with Crippen molar-refractivity contribution in [3.63, 3.8) is 0 Å². The molecule has 1 aliphatic rings. The van der Waals surface area contributed by atoms with Crippen LogP contribution in [0.2, 0.25) is 5.15 Å². The molecule has 0 saturated carbocycles. The standard InChI is InChI=1S/C10H11ClN4O3/c1-14-7(11)4-12-8(14)5-15-9(16)3-2-6(13-15)10(17)18/h4H,2-3,5H2,1H3,(H,17,18). The lowest BCUT2D eigenvalue weighted by Crippen LogP contribution is -2.34. The average molecular weight is 271 g/mol. The first kappa shape index (κ1) is 12.6. The normalized spacial score (nSPS) is 15.8. The van der Waals surface area contributed by atoms with Gasteiger partial charge in [0, 0.05) is 19.9 Å². The Morgan fingerprint density at radius 1 is 1.56 bits per heavy atom. The van der Waals surface area contributed by atoms with Gasteiger partial charge in [0.2, 0.25) is 5.91 Å². The fraction of sp³-hybridized carbons (Fsp3) is 0.400. The van der Waals surface area contributed by atoms with E-state index in [9.17, 15) is 9.59 Å². The van der Waals surface area contributed by atoms with Crippen molar-refractivity contribution in [3.8, 4) is 0 Å². The van der Waals surface area contributed by atoms with Gasteiger partial charge in [-0.3, -0.25) is 4.79 Å². The van der Waals surface area contributed by atoms with E-state index >= 15 is 0 Å². The number of carbonyl (C=O) groups excluding carboxylic acids is 1. The van der Waals surface area contributed by atoms with Crippen LogP contribution < -0.4 is 0 Å². The SMILES string of the molecule is Cn1c(Cl)cnc1CN1N=C(C(=O)O)CCC1=O. The summed E-state index contributed by atoms with van der Waals surface area (Å²) in [5.41, 5.74) is -0.0186. The molecule has 0 spiro atoms. The Morgan fingerprint density at radius 3 is 2.83 bits per heavy atom. The van der Waals surface area contributed by atoms with Gasteiger partial charge in [-0.05, 0) is 0 Å². The van der Waals surface area contributed by atoms with Crippen molar-refractivity contribution in [1.29, 1.82) is 0 Å². The van der Waals surface area contributed by atoms with E-state index in [-0.39, 0.29) is 31.0 Å². The van der Waals surface area contributed by atoms with Crippen molar-refractivity contribution in [3.05, 3.63) is 17.2 Å². The van der Waals surface area contributed by atoms with Crippen LogP contribution in [0.25, 0.3) is 0 Å². The second-order valence-corrected chi connectivity index (χ2v) is 4.25. The maximum absolute atomic E-state index is 11.6. The van der Waals surface area contributed by atoms with E-state index < -0.39 is 5.97 Å². The third-order valence-corrected chi connectivity index (χ3v) is 3.02. The van der Waals surface area contributed by atoms with Gasteiger partial charge in [-0.1, -0.05) is 11.6 Å². The van der Waals surface area contributed by atoms with Crippen molar-refractivity contribution < 1.29 is 14.7 Å². The molecule has 2 rings (SSSR count). The maximum Gasteiger partial charge on any atom is 0.352 e. The van der Waals surface area contributed by atoms with Crippen molar-refractivity contribution in [2.24, 2.45) is 12.1 Å². The molecular weight excluding hydrogens is 260 g/mol. The highest BCUT2D eigenvalue weighted by Crippen LogP contribution is 2.15. The molecule has 18 heavy (non-hydrogen) atoms. The van der Waals surface area contributed by atoms with E-state index in [0.717, 1.165) is 5.01 Å². The van der Waals surface area contributed by atoms with Gasteiger partial charge in [0.15, 0.2) is 0 Å². The summed E-state index contributed by atoms with van der Waals surface area (Å²) < 4.78 is 1.61. The molecule has 1 aliphatic heterocycles. The highest BCUT2D eigenvalue weighted by Gasteiger charge is 2.25. The predicted octanol–water partition coefficient (Wildman–Crippen LogP) is 0.637. The quantitative estimate of drug-likeness (QED) is 0.873. The van der Waals surface area contributed by atoms with Crippen LogP contribution >= 0.6 is 11.6 Å². The molecule has 1 aromatic rings. The molecule has 7 nitrogen and oxygen atoms in total. The summed E-state index contributed by atoms with van der Waals surface area (Å²) in [7, 11) is 1.71. The zero-order valence-electron chi connectivity index (χ0n) is 9.63. The summed E-state index contributed by atoms with van der Waals surface area (Å²) >= 11 is 5.83. The predicted molar refractivity (Wildman–Crippen MR) is 63.1 cm³/mol. The Hall–Kier alpha value is -1.89. The summed E-state index contributed by atoms with van der Waals surface area (Å²) in [6.45, 7) is 0.110. The lowest BCUT2D eigenvalue weighted by atomic mass is 10.2. The van der Waals surface area contributed by atoms with Crippen LogP contribution in [0.3, 0.4) is 0 Å². The van der Waals surface area contributed by atoms with Gasteiger partial charge in [-0.15, -0.1) is 0 Å². The molecule has 0 atom stereocenters. The highest BCUT2D eigenvalue weighted by molar-refractivity contribution is 6.36. The van der Waals surface area contributed by atoms with Crippen LogP contribution in [0.4, 0.5) is 0 Å². The van der Waals surface area contributed by atoms with Crippen LogP contribution in [-0.4, -0.2) is 37.3 Å². The number of hydrogen-bond donors (Lipinski definition) is 1. The highest BCUT2D eigenvalue weighted by atomic mass is 35.5. The van der Waals surface area contributed by atoms with Crippen LogP contribution in [0, 0.1) is 0 Å². The Morgan fingerprint density at radius 2 is 2.28 bits per heavy atom. The lowest BCUT2D eigenvalue weighted by molar-refractivity contribution is -0.133. The number of imidazole rings is 1. The Labute approximate surface area is 108 Å². The van der Waals surface area contributed by atoms with Gasteiger partial charge in [0.25, 0.3) is 0 Å². The number of carboxylic acids is 1. The van der Waals surface area contributed by atoms with E-state index in [1.165, 1.54) is 6.20 Å². The van der Waals surface area contributed by atoms with Gasteiger partial charge in [0.05, 0.1) is 6.20 Å². The zero-order chi connectivity index (χ0) is 13.3. The first-order valence-corrected chi connectivity index (χ1v) is 5.64. The number of halogens is 1. The Kier molecular flexibility index (Phi) is 3.33. The largest absolute Gasteiger partial charge is 0.477 e. The molecule has 0 radical (unpaired) electrons. The fourth-order valence-electron chi connectivity index (χ4n) is 1.58. The lowest BCUT2D eigenvalue weighted by Gasteiger charge is -2.21. The number of aromatic nitrogens is 2. The van der Waals surface area contributed by atoms with Crippen molar-refractivity contribution in [2.45, 2.75) is 19.4 Å². The Balaban J connectivity index is 2.21. The number of aliphatic carboxylic acids is 1. The molecule has 1 amide bonds. The van der Waals surface area contributed by atoms with Crippen molar-refractivity contribution >= 4 is 29.2 Å². The van der Waals surface area contributed by atoms with E-state index in [1.54, 1.807) is 11.6 Å². The second-order valence-electron chi connectivity index (χ2n) is 3.86. The summed E-state index contributed by atoms with van der Waals surface area (Å²) in [5.74, 6) is -0.784. The van der Waals surface area contributed by atoms with E-state index in [0.29, 0.717) is 11.0 Å². The van der Waals surface area contributed by atoms with Crippen LogP contribution in [0.15, 0.2) is 11.3 Å². The minimum atomic E-state index is -1.11. The number of carbonyl (C=O) groups is 2. The second kappa shape index (κ2) is 4.77. The summed E-state index contributed by atoms with van der Waals surface area (Å²) in [6, 6.07) is 0. The van der Waals surface area contributed by atoms with Crippen molar-refractivity contribution in [2.75, 3.05) is 0 Å². The van der Waals surface area contributed by atoms with E-state index in [2.05, 4.69) is 10.1 Å². The van der Waals surface area contributed by atoms with Gasteiger partial charge < -0.3 is 9.67 Å². The molecule has 0 aromatic carbocycles. The van der Waals surface area contributed by atoms with Gasteiger partial charge >= 0.3 is 5.97 Å². The van der Waals surface area contributed by atoms with E-state index in [1.807, 2.05) is 0 Å². The molecule has 0 aliphatic carbocycles. The molecule has 2 heterocycles. The third-order valence-electron chi connectivity index (χ3n) is 2.67. The van der Waals surface area contributed by atoms with Gasteiger partial charge in [-0.25, -0.2) is 14.8 Å². The monoisotopic (exact) mass is 270 g/mol. The number of amides is 1. The number of carboxylic acid groups (broad SMARTS) is 1. The zero-order valence-corrected chi connectivity index (χ0v) is 10.4. The molecule has 0 fully saturated rings. The first-order valence-electron chi connectivity index (χ1n) is 5.26. The molecule has 1 aromatic heterocycles. The maximum atomic E-state index is 11.6.